The van der Waals surface area contributed by atoms with E-state index in [2.05, 4.69) is 13.0 Å². The van der Waals surface area contributed by atoms with Crippen molar-refractivity contribution in [2.75, 3.05) is 7.11 Å². The highest BCUT2D eigenvalue weighted by atomic mass is 16.7. The van der Waals surface area contributed by atoms with Crippen molar-refractivity contribution in [2.24, 2.45) is 28.6 Å². The van der Waals surface area contributed by atoms with Crippen molar-refractivity contribution in [3.05, 3.63) is 11.6 Å². The molecule has 4 nitrogen and oxygen atoms in total. The molecule has 0 saturated heterocycles. The van der Waals surface area contributed by atoms with Gasteiger partial charge in [-0.1, -0.05) is 31.4 Å². The van der Waals surface area contributed by atoms with Gasteiger partial charge in [-0.2, -0.15) is 0 Å². The minimum Gasteiger partial charge on any atom is -0.393 e. The minimum atomic E-state index is -0.817. The summed E-state index contributed by atoms with van der Waals surface area (Å²) in [5.41, 5.74) is 0.644. The van der Waals surface area contributed by atoms with Crippen LogP contribution in [-0.4, -0.2) is 36.5 Å². The van der Waals surface area contributed by atoms with E-state index in [1.165, 1.54) is 24.7 Å². The highest BCUT2D eigenvalue weighted by molar-refractivity contribution is 5.69. The molecule has 4 saturated carbocycles. The van der Waals surface area contributed by atoms with Crippen LogP contribution in [-0.2, 0) is 14.3 Å². The molecule has 0 spiro atoms. The first-order chi connectivity index (χ1) is 14.0. The standard InChI is InChI=1S/C25H38O4/c1-23-15-13-21-19(20(23)11-12-22(23)27)10-9-17-6-5-14-25(28-2,24(17,21)16-26)29-18-7-3-4-8-18/h6,16,18-22,27H,3-5,7-15H2,1-2H3/t19?,20?,21?,22-,23-,24-,25?/m0/s1. The number of fused-ring (bicyclic) bond motifs is 5. The van der Waals surface area contributed by atoms with E-state index in [9.17, 15) is 9.90 Å². The number of aldehydes is 1. The van der Waals surface area contributed by atoms with Crippen molar-refractivity contribution < 1.29 is 19.4 Å². The molecule has 4 unspecified atom stereocenters. The Morgan fingerprint density at radius 2 is 1.86 bits per heavy atom. The Morgan fingerprint density at radius 3 is 2.59 bits per heavy atom. The van der Waals surface area contributed by atoms with Crippen LogP contribution in [0.1, 0.15) is 84.0 Å². The first kappa shape index (κ1) is 20.2. The van der Waals surface area contributed by atoms with Crippen LogP contribution in [0.15, 0.2) is 11.6 Å². The zero-order valence-electron chi connectivity index (χ0n) is 18.2. The molecule has 0 aromatic heterocycles. The molecule has 0 aromatic rings. The molecule has 4 heteroatoms. The first-order valence-electron chi connectivity index (χ1n) is 12.1. The summed E-state index contributed by atoms with van der Waals surface area (Å²) in [6.45, 7) is 2.30. The van der Waals surface area contributed by atoms with Gasteiger partial charge in [-0.3, -0.25) is 0 Å². The average molecular weight is 403 g/mol. The topological polar surface area (TPSA) is 55.8 Å². The Kier molecular flexibility index (Phi) is 5.00. The number of carbonyl (C=O) groups is 1. The number of methoxy groups -OCH3 is 1. The van der Waals surface area contributed by atoms with E-state index in [-0.39, 0.29) is 23.5 Å². The zero-order valence-corrected chi connectivity index (χ0v) is 18.2. The molecule has 162 valence electrons. The average Bonchev–Trinajstić information content (AvgIpc) is 3.35. The van der Waals surface area contributed by atoms with Crippen molar-refractivity contribution in [1.82, 2.24) is 0 Å². The molecule has 0 amide bonds. The minimum absolute atomic E-state index is 0.0170. The van der Waals surface area contributed by atoms with Crippen molar-refractivity contribution >= 4 is 6.29 Å². The summed E-state index contributed by atoms with van der Waals surface area (Å²) in [6.07, 6.45) is 16.0. The Hall–Kier alpha value is -0.710. The molecule has 0 bridgehead atoms. The van der Waals surface area contributed by atoms with Crippen molar-refractivity contribution in [1.29, 1.82) is 0 Å². The number of aliphatic hydroxyl groups excluding tert-OH is 1. The number of hydrogen-bond donors (Lipinski definition) is 1. The third-order valence-corrected chi connectivity index (χ3v) is 9.92. The van der Waals surface area contributed by atoms with Gasteiger partial charge in [-0.05, 0) is 81.0 Å². The molecular formula is C25H38O4. The summed E-state index contributed by atoms with van der Waals surface area (Å²) in [4.78, 5) is 13.1. The van der Waals surface area contributed by atoms with Gasteiger partial charge in [-0.25, -0.2) is 0 Å². The van der Waals surface area contributed by atoms with Gasteiger partial charge in [0.2, 0.25) is 0 Å². The van der Waals surface area contributed by atoms with Crippen LogP contribution in [0, 0.1) is 28.6 Å². The smallest absolute Gasteiger partial charge is 0.184 e. The molecular weight excluding hydrogens is 364 g/mol. The highest BCUT2D eigenvalue weighted by Crippen LogP contribution is 2.67. The molecule has 0 heterocycles. The van der Waals surface area contributed by atoms with Gasteiger partial charge in [0.25, 0.3) is 0 Å². The van der Waals surface area contributed by atoms with E-state index < -0.39 is 11.2 Å². The summed E-state index contributed by atoms with van der Waals surface area (Å²) < 4.78 is 13.1. The fourth-order valence-corrected chi connectivity index (χ4v) is 8.44. The van der Waals surface area contributed by atoms with Gasteiger partial charge >= 0.3 is 0 Å². The molecule has 7 atom stereocenters. The van der Waals surface area contributed by atoms with Gasteiger partial charge in [0.05, 0.1) is 12.2 Å². The fraction of sp³-hybridized carbons (Fsp3) is 0.880. The largest absolute Gasteiger partial charge is 0.393 e. The number of hydrogen-bond acceptors (Lipinski definition) is 4. The van der Waals surface area contributed by atoms with Crippen LogP contribution >= 0.6 is 0 Å². The SMILES string of the molecule is COC1(OC2CCCC2)CCC=C2CCC3C4CC[C@H](O)[C@@]4(C)CCC3[C@]21C=O. The second kappa shape index (κ2) is 7.17. The number of ether oxygens (including phenoxy) is 2. The van der Waals surface area contributed by atoms with Crippen LogP contribution in [0.2, 0.25) is 0 Å². The quantitative estimate of drug-likeness (QED) is 0.417. The molecule has 5 aliphatic carbocycles. The molecule has 29 heavy (non-hydrogen) atoms. The second-order valence-electron chi connectivity index (χ2n) is 10.8. The van der Waals surface area contributed by atoms with E-state index in [0.29, 0.717) is 11.8 Å². The molecule has 0 aromatic carbocycles. The van der Waals surface area contributed by atoms with E-state index in [4.69, 9.17) is 9.47 Å². The number of aliphatic hydroxyl groups is 1. The summed E-state index contributed by atoms with van der Waals surface area (Å²) >= 11 is 0. The monoisotopic (exact) mass is 402 g/mol. The van der Waals surface area contributed by atoms with Gasteiger partial charge in [0.15, 0.2) is 5.79 Å². The molecule has 4 fully saturated rings. The van der Waals surface area contributed by atoms with Gasteiger partial charge in [-0.15, -0.1) is 0 Å². The molecule has 0 radical (unpaired) electrons. The lowest BCUT2D eigenvalue weighted by atomic mass is 9.45. The predicted molar refractivity (Wildman–Crippen MR) is 111 cm³/mol. The van der Waals surface area contributed by atoms with Crippen molar-refractivity contribution in [3.63, 3.8) is 0 Å². The Balaban J connectivity index is 1.56. The maximum atomic E-state index is 13.1. The maximum Gasteiger partial charge on any atom is 0.184 e. The van der Waals surface area contributed by atoms with Crippen LogP contribution in [0.3, 0.4) is 0 Å². The second-order valence-corrected chi connectivity index (χ2v) is 10.8. The van der Waals surface area contributed by atoms with E-state index in [1.807, 2.05) is 0 Å². The van der Waals surface area contributed by atoms with E-state index in [0.717, 1.165) is 64.2 Å². The van der Waals surface area contributed by atoms with Crippen LogP contribution in [0.4, 0.5) is 0 Å². The zero-order chi connectivity index (χ0) is 20.3. The number of allylic oxidation sites excluding steroid dienone is 1. The first-order valence-corrected chi connectivity index (χ1v) is 12.1. The summed E-state index contributed by atoms with van der Waals surface area (Å²) in [6, 6.07) is 0. The highest BCUT2D eigenvalue weighted by Gasteiger charge is 2.68. The summed E-state index contributed by atoms with van der Waals surface area (Å²) in [5.74, 6) is 0.443. The Labute approximate surface area is 175 Å². The summed E-state index contributed by atoms with van der Waals surface area (Å²) in [7, 11) is 1.76. The third kappa shape index (κ3) is 2.64. The normalized spacial score (nSPS) is 49.8. The molecule has 0 aliphatic heterocycles. The molecule has 1 N–H and O–H groups in total. The van der Waals surface area contributed by atoms with Gasteiger partial charge < -0.3 is 19.4 Å². The number of carbonyl (C=O) groups excluding carboxylic acids is 1. The molecule has 5 aliphatic rings. The van der Waals surface area contributed by atoms with E-state index in [1.54, 1.807) is 7.11 Å². The Bertz CT molecular complexity index is 682. The lowest BCUT2D eigenvalue weighted by Crippen LogP contribution is -2.65. The Morgan fingerprint density at radius 1 is 1.07 bits per heavy atom. The molecule has 5 rings (SSSR count). The van der Waals surface area contributed by atoms with Gasteiger partial charge in [0.1, 0.15) is 11.7 Å². The maximum absolute atomic E-state index is 13.1. The fourth-order valence-electron chi connectivity index (χ4n) is 8.44. The summed E-state index contributed by atoms with van der Waals surface area (Å²) in [5, 5.41) is 10.7. The lowest BCUT2D eigenvalue weighted by Gasteiger charge is -2.62. The van der Waals surface area contributed by atoms with Crippen LogP contribution in [0.25, 0.3) is 0 Å². The van der Waals surface area contributed by atoms with Crippen molar-refractivity contribution in [2.45, 2.75) is 102 Å². The van der Waals surface area contributed by atoms with Crippen LogP contribution < -0.4 is 0 Å². The lowest BCUT2D eigenvalue weighted by molar-refractivity contribution is -0.313. The number of rotatable bonds is 4. The van der Waals surface area contributed by atoms with Gasteiger partial charge in [0, 0.05) is 13.5 Å². The van der Waals surface area contributed by atoms with E-state index >= 15 is 0 Å². The van der Waals surface area contributed by atoms with Crippen molar-refractivity contribution in [3.8, 4) is 0 Å². The van der Waals surface area contributed by atoms with Crippen LogP contribution in [0.5, 0.6) is 0 Å². The third-order valence-electron chi connectivity index (χ3n) is 9.92. The predicted octanol–water partition coefficient (Wildman–Crippen LogP) is 4.79.